The van der Waals surface area contributed by atoms with Gasteiger partial charge in [-0.05, 0) is 6.92 Å². The van der Waals surface area contributed by atoms with Crippen molar-refractivity contribution in [2.45, 2.75) is 51.6 Å². The third-order valence-corrected chi connectivity index (χ3v) is 2.30. The van der Waals surface area contributed by atoms with Crippen LogP contribution in [0.5, 0.6) is 0 Å². The van der Waals surface area contributed by atoms with E-state index in [0.29, 0.717) is 0 Å². The molecule has 0 aliphatic carbocycles. The predicted molar refractivity (Wildman–Crippen MR) is 51.4 cm³/mol. The Labute approximate surface area is 97.0 Å². The summed E-state index contributed by atoms with van der Waals surface area (Å²) in [6.07, 6.45) is -7.93. The average Bonchev–Trinajstić information content (AvgIpc) is 2.19. The number of rotatable bonds is 2. The number of hydrogen-bond donors (Lipinski definition) is 0. The molecule has 0 saturated carbocycles. The largest absolute Gasteiger partial charge is 0.456 e. The van der Waals surface area contributed by atoms with E-state index in [1.54, 1.807) is 0 Å². The van der Waals surface area contributed by atoms with Gasteiger partial charge in [0.1, 0.15) is 0 Å². The number of hydrogen-bond acceptors (Lipinski definition) is 5. The number of ether oxygens (including phenoxy) is 3. The normalized spacial score (nSPS) is 37.4. The van der Waals surface area contributed by atoms with Crippen LogP contribution >= 0.6 is 0 Å². The van der Waals surface area contributed by atoms with Crippen LogP contribution in [0.1, 0.15) is 20.8 Å². The highest BCUT2D eigenvalue weighted by atomic mass is 19.2. The molecule has 0 spiro atoms. The molecule has 1 saturated heterocycles. The summed E-state index contributed by atoms with van der Waals surface area (Å²) in [5.41, 5.74) is 0. The van der Waals surface area contributed by atoms with Crippen molar-refractivity contribution in [3.05, 3.63) is 0 Å². The summed E-state index contributed by atoms with van der Waals surface area (Å²) in [6, 6.07) is 0. The molecule has 0 aromatic rings. The Hall–Kier alpha value is -1.24. The molecular formula is C10H14F2O5. The second kappa shape index (κ2) is 5.39. The molecule has 98 valence electrons. The monoisotopic (exact) mass is 252 g/mol. The van der Waals surface area contributed by atoms with Crippen LogP contribution in [0.3, 0.4) is 0 Å². The lowest BCUT2D eigenvalue weighted by molar-refractivity contribution is -0.249. The maximum absolute atomic E-state index is 13.5. The molecule has 0 radical (unpaired) electrons. The minimum atomic E-state index is -2.21. The average molecular weight is 252 g/mol. The van der Waals surface area contributed by atoms with Crippen molar-refractivity contribution < 1.29 is 32.6 Å². The van der Waals surface area contributed by atoms with Gasteiger partial charge >= 0.3 is 11.9 Å². The van der Waals surface area contributed by atoms with Gasteiger partial charge < -0.3 is 14.2 Å². The summed E-state index contributed by atoms with van der Waals surface area (Å²) in [5.74, 6) is -1.47. The van der Waals surface area contributed by atoms with Crippen molar-refractivity contribution in [1.82, 2.24) is 0 Å². The summed E-state index contributed by atoms with van der Waals surface area (Å²) in [7, 11) is 0. The third kappa shape index (κ3) is 3.36. The van der Waals surface area contributed by atoms with Gasteiger partial charge in [0.05, 0.1) is 6.10 Å². The van der Waals surface area contributed by atoms with E-state index in [1.807, 2.05) is 0 Å². The van der Waals surface area contributed by atoms with Crippen LogP contribution in [0.25, 0.3) is 0 Å². The standard InChI is InChI=1S/C10H14F2O5/c1-4-8(16-5(2)13)9(17-6(3)14)7(11)10(12)15-4/h4,7-10H,1-3H3/t4-,7+,8+,9-,10?/m0/s1. The molecule has 1 aliphatic heterocycles. The van der Waals surface area contributed by atoms with Gasteiger partial charge in [0, 0.05) is 13.8 Å². The van der Waals surface area contributed by atoms with Crippen molar-refractivity contribution >= 4 is 11.9 Å². The van der Waals surface area contributed by atoms with Crippen LogP contribution in [0, 0.1) is 0 Å². The van der Waals surface area contributed by atoms with E-state index in [-0.39, 0.29) is 0 Å². The van der Waals surface area contributed by atoms with Gasteiger partial charge in [0.25, 0.3) is 0 Å². The Morgan fingerprint density at radius 1 is 1.06 bits per heavy atom. The van der Waals surface area contributed by atoms with Crippen molar-refractivity contribution in [2.75, 3.05) is 0 Å². The molecule has 1 heterocycles. The molecule has 1 unspecified atom stereocenters. The van der Waals surface area contributed by atoms with Gasteiger partial charge in [-0.2, -0.15) is 0 Å². The van der Waals surface area contributed by atoms with Gasteiger partial charge in [-0.1, -0.05) is 0 Å². The molecule has 0 N–H and O–H groups in total. The van der Waals surface area contributed by atoms with Gasteiger partial charge in [-0.25, -0.2) is 8.78 Å². The lowest BCUT2D eigenvalue weighted by Gasteiger charge is -2.38. The van der Waals surface area contributed by atoms with E-state index in [4.69, 9.17) is 4.74 Å². The van der Waals surface area contributed by atoms with E-state index in [9.17, 15) is 18.4 Å². The molecule has 1 fully saturated rings. The van der Waals surface area contributed by atoms with Crippen molar-refractivity contribution in [1.29, 1.82) is 0 Å². The fourth-order valence-corrected chi connectivity index (χ4v) is 1.63. The van der Waals surface area contributed by atoms with Crippen LogP contribution in [-0.4, -0.2) is 42.8 Å². The van der Waals surface area contributed by atoms with Crippen LogP contribution in [0.15, 0.2) is 0 Å². The molecule has 5 nitrogen and oxygen atoms in total. The fourth-order valence-electron chi connectivity index (χ4n) is 1.63. The first-order valence-corrected chi connectivity index (χ1v) is 5.11. The maximum atomic E-state index is 13.5. The molecule has 1 aliphatic rings. The SMILES string of the molecule is CC(=O)O[C@@H]1[C@H](OC(C)=O)[C@H](C)OC(F)[C@@H]1F. The predicted octanol–water partition coefficient (Wildman–Crippen LogP) is 0.902. The highest BCUT2D eigenvalue weighted by Crippen LogP contribution is 2.28. The molecule has 5 atom stereocenters. The van der Waals surface area contributed by atoms with E-state index < -0.39 is 42.8 Å². The zero-order valence-electron chi connectivity index (χ0n) is 9.68. The summed E-state index contributed by atoms with van der Waals surface area (Å²) in [6.45, 7) is 3.58. The summed E-state index contributed by atoms with van der Waals surface area (Å²) < 4.78 is 40.7. The molecule has 0 aromatic carbocycles. The minimum Gasteiger partial charge on any atom is -0.456 e. The Kier molecular flexibility index (Phi) is 4.39. The molecule has 0 bridgehead atoms. The second-order valence-electron chi connectivity index (χ2n) is 3.78. The highest BCUT2D eigenvalue weighted by molar-refractivity contribution is 5.67. The molecular weight excluding hydrogens is 238 g/mol. The summed E-state index contributed by atoms with van der Waals surface area (Å²) in [4.78, 5) is 21.7. The Morgan fingerprint density at radius 3 is 2.00 bits per heavy atom. The van der Waals surface area contributed by atoms with Gasteiger partial charge in [0.15, 0.2) is 18.4 Å². The van der Waals surface area contributed by atoms with Gasteiger partial charge in [-0.3, -0.25) is 9.59 Å². The quantitative estimate of drug-likeness (QED) is 0.683. The smallest absolute Gasteiger partial charge is 0.303 e. The second-order valence-corrected chi connectivity index (χ2v) is 3.78. The highest BCUT2D eigenvalue weighted by Gasteiger charge is 2.49. The number of esters is 2. The topological polar surface area (TPSA) is 61.8 Å². The molecule has 0 amide bonds. The zero-order valence-corrected chi connectivity index (χ0v) is 9.68. The van der Waals surface area contributed by atoms with E-state index >= 15 is 0 Å². The third-order valence-electron chi connectivity index (χ3n) is 2.30. The zero-order chi connectivity index (χ0) is 13.2. The molecule has 17 heavy (non-hydrogen) atoms. The number of carbonyl (C=O) groups is 2. The maximum Gasteiger partial charge on any atom is 0.303 e. The fraction of sp³-hybridized carbons (Fsp3) is 0.800. The minimum absolute atomic E-state index is 0.688. The first-order chi connectivity index (χ1) is 7.82. The van der Waals surface area contributed by atoms with Crippen molar-refractivity contribution in [3.63, 3.8) is 0 Å². The van der Waals surface area contributed by atoms with E-state index in [0.717, 1.165) is 13.8 Å². The molecule has 1 rings (SSSR count). The van der Waals surface area contributed by atoms with E-state index in [2.05, 4.69) is 9.47 Å². The first kappa shape index (κ1) is 13.8. The van der Waals surface area contributed by atoms with Crippen LogP contribution in [0.2, 0.25) is 0 Å². The lowest BCUT2D eigenvalue weighted by Crippen LogP contribution is -2.56. The Bertz CT molecular complexity index is 309. The number of halogens is 2. The van der Waals surface area contributed by atoms with Gasteiger partial charge in [-0.15, -0.1) is 0 Å². The van der Waals surface area contributed by atoms with Crippen molar-refractivity contribution in [3.8, 4) is 0 Å². The van der Waals surface area contributed by atoms with Crippen LogP contribution < -0.4 is 0 Å². The van der Waals surface area contributed by atoms with Crippen LogP contribution in [-0.2, 0) is 23.8 Å². The van der Waals surface area contributed by atoms with E-state index in [1.165, 1.54) is 6.92 Å². The summed E-state index contributed by atoms with van der Waals surface area (Å²) in [5, 5.41) is 0. The van der Waals surface area contributed by atoms with Crippen LogP contribution in [0.4, 0.5) is 8.78 Å². The number of alkyl halides is 2. The Morgan fingerprint density at radius 2 is 1.53 bits per heavy atom. The first-order valence-electron chi connectivity index (χ1n) is 5.11. The Balaban J connectivity index is 2.86. The summed E-state index contributed by atoms with van der Waals surface area (Å²) >= 11 is 0. The molecule has 7 heteroatoms. The lowest BCUT2D eigenvalue weighted by atomic mass is 10.0. The van der Waals surface area contributed by atoms with Gasteiger partial charge in [0.2, 0.25) is 6.36 Å². The number of carbonyl (C=O) groups excluding carboxylic acids is 2. The van der Waals surface area contributed by atoms with Crippen molar-refractivity contribution in [2.24, 2.45) is 0 Å². The molecule has 0 aromatic heterocycles.